The van der Waals surface area contributed by atoms with Crippen molar-refractivity contribution in [1.82, 2.24) is 0 Å². The quantitative estimate of drug-likeness (QED) is 0.906. The van der Waals surface area contributed by atoms with E-state index in [-0.39, 0.29) is 18.0 Å². The molecule has 0 aliphatic heterocycles. The lowest BCUT2D eigenvalue weighted by Crippen LogP contribution is -2.05. The first-order chi connectivity index (χ1) is 9.54. The van der Waals surface area contributed by atoms with Crippen LogP contribution in [0.2, 0.25) is 0 Å². The first kappa shape index (κ1) is 14.4. The molecule has 0 amide bonds. The Bertz CT molecular complexity index is 573. The molecule has 2 rings (SSSR count). The van der Waals surface area contributed by atoms with Crippen LogP contribution in [0.4, 0.5) is 13.2 Å². The van der Waals surface area contributed by atoms with Crippen molar-refractivity contribution in [2.75, 3.05) is 0 Å². The van der Waals surface area contributed by atoms with Crippen molar-refractivity contribution >= 4 is 0 Å². The van der Waals surface area contributed by atoms with Crippen LogP contribution >= 0.6 is 0 Å². The van der Waals surface area contributed by atoms with Gasteiger partial charge in [0.2, 0.25) is 0 Å². The number of halogens is 3. The van der Waals surface area contributed by atoms with E-state index >= 15 is 0 Å². The van der Waals surface area contributed by atoms with E-state index in [0.717, 1.165) is 0 Å². The van der Waals surface area contributed by atoms with Gasteiger partial charge in [-0.3, -0.25) is 0 Å². The Morgan fingerprint density at radius 2 is 1.80 bits per heavy atom. The molecule has 1 atom stereocenters. The Morgan fingerprint density at radius 1 is 1.05 bits per heavy atom. The number of hydrogen-bond acceptors (Lipinski definition) is 2. The van der Waals surface area contributed by atoms with Gasteiger partial charge in [0.25, 0.3) is 0 Å². The summed E-state index contributed by atoms with van der Waals surface area (Å²) in [6.45, 7) is -2.91. The second-order valence-electron chi connectivity index (χ2n) is 4.30. The second kappa shape index (κ2) is 6.43. The zero-order valence-corrected chi connectivity index (χ0v) is 10.5. The molecule has 5 heteroatoms. The maximum absolute atomic E-state index is 13.0. The average molecular weight is 282 g/mol. The Hall–Kier alpha value is -2.01. The molecule has 0 radical (unpaired) electrons. The van der Waals surface area contributed by atoms with Crippen molar-refractivity contribution in [3.05, 3.63) is 65.5 Å². The van der Waals surface area contributed by atoms with E-state index in [2.05, 4.69) is 4.74 Å². The number of rotatable bonds is 5. The number of aliphatic hydroxyl groups is 1. The van der Waals surface area contributed by atoms with E-state index < -0.39 is 12.7 Å². The molecular formula is C15H13F3O2. The van der Waals surface area contributed by atoms with Gasteiger partial charge in [0, 0.05) is 6.42 Å². The minimum absolute atomic E-state index is 0.0178. The topological polar surface area (TPSA) is 29.5 Å². The van der Waals surface area contributed by atoms with E-state index in [0.29, 0.717) is 11.1 Å². The fourth-order valence-electron chi connectivity index (χ4n) is 1.90. The predicted molar refractivity (Wildman–Crippen MR) is 68.1 cm³/mol. The van der Waals surface area contributed by atoms with Crippen molar-refractivity contribution in [2.24, 2.45) is 0 Å². The van der Waals surface area contributed by atoms with Crippen LogP contribution < -0.4 is 4.74 Å². The molecule has 2 aromatic rings. The van der Waals surface area contributed by atoms with E-state index in [1.807, 2.05) is 0 Å². The van der Waals surface area contributed by atoms with Crippen molar-refractivity contribution in [2.45, 2.75) is 19.1 Å². The highest BCUT2D eigenvalue weighted by atomic mass is 19.3. The summed E-state index contributed by atoms with van der Waals surface area (Å²) in [5, 5.41) is 10.1. The molecule has 0 aliphatic carbocycles. The Kier molecular flexibility index (Phi) is 4.63. The zero-order valence-electron chi connectivity index (χ0n) is 10.5. The van der Waals surface area contributed by atoms with Crippen molar-refractivity contribution in [1.29, 1.82) is 0 Å². The highest BCUT2D eigenvalue weighted by molar-refractivity contribution is 5.31. The van der Waals surface area contributed by atoms with Crippen LogP contribution in [0.15, 0.2) is 48.5 Å². The number of benzene rings is 2. The Labute approximate surface area is 114 Å². The van der Waals surface area contributed by atoms with E-state index in [1.165, 1.54) is 30.3 Å². The molecule has 0 saturated heterocycles. The molecule has 0 aromatic heterocycles. The third kappa shape index (κ3) is 3.99. The van der Waals surface area contributed by atoms with Gasteiger partial charge in [-0.2, -0.15) is 8.78 Å². The first-order valence-corrected chi connectivity index (χ1v) is 6.02. The van der Waals surface area contributed by atoms with Crippen molar-refractivity contribution in [3.8, 4) is 5.75 Å². The lowest BCUT2D eigenvalue weighted by Gasteiger charge is -2.13. The fraction of sp³-hybridized carbons (Fsp3) is 0.200. The summed E-state index contributed by atoms with van der Waals surface area (Å²) >= 11 is 0. The molecular weight excluding hydrogens is 269 g/mol. The van der Waals surface area contributed by atoms with Crippen LogP contribution in [0.25, 0.3) is 0 Å². The van der Waals surface area contributed by atoms with Gasteiger partial charge < -0.3 is 9.84 Å². The largest absolute Gasteiger partial charge is 0.435 e. The van der Waals surface area contributed by atoms with Gasteiger partial charge in [0.05, 0.1) is 6.10 Å². The van der Waals surface area contributed by atoms with Crippen LogP contribution in [0.5, 0.6) is 5.75 Å². The van der Waals surface area contributed by atoms with E-state index in [4.69, 9.17) is 0 Å². The maximum Gasteiger partial charge on any atom is 0.387 e. The maximum atomic E-state index is 13.0. The molecule has 0 heterocycles. The van der Waals surface area contributed by atoms with Gasteiger partial charge in [-0.15, -0.1) is 0 Å². The average Bonchev–Trinajstić information content (AvgIpc) is 2.38. The second-order valence-corrected chi connectivity index (χ2v) is 4.30. The van der Waals surface area contributed by atoms with Gasteiger partial charge in [-0.1, -0.05) is 24.3 Å². The Balaban J connectivity index is 2.10. The first-order valence-electron chi connectivity index (χ1n) is 6.02. The number of alkyl halides is 2. The van der Waals surface area contributed by atoms with E-state index in [9.17, 15) is 18.3 Å². The number of aliphatic hydroxyl groups excluding tert-OH is 1. The molecule has 1 unspecified atom stereocenters. The smallest absolute Gasteiger partial charge is 0.387 e. The minimum atomic E-state index is -2.91. The van der Waals surface area contributed by atoms with E-state index in [1.54, 1.807) is 18.2 Å². The predicted octanol–water partition coefficient (Wildman–Crippen LogP) is 3.70. The molecule has 0 fully saturated rings. The highest BCUT2D eigenvalue weighted by Crippen LogP contribution is 2.23. The zero-order chi connectivity index (χ0) is 14.5. The van der Waals surface area contributed by atoms with Gasteiger partial charge in [-0.05, 0) is 35.4 Å². The van der Waals surface area contributed by atoms with Crippen LogP contribution in [-0.4, -0.2) is 11.7 Å². The Morgan fingerprint density at radius 3 is 2.50 bits per heavy atom. The van der Waals surface area contributed by atoms with Crippen molar-refractivity contribution < 1.29 is 23.0 Å². The molecule has 0 aliphatic rings. The summed E-state index contributed by atoms with van der Waals surface area (Å²) in [7, 11) is 0. The molecule has 0 saturated carbocycles. The molecule has 0 spiro atoms. The number of hydrogen-bond donors (Lipinski definition) is 1. The summed E-state index contributed by atoms with van der Waals surface area (Å²) in [4.78, 5) is 0. The van der Waals surface area contributed by atoms with Gasteiger partial charge >= 0.3 is 6.61 Å². The summed E-state index contributed by atoms with van der Waals surface area (Å²) in [6, 6.07) is 11.7. The third-order valence-electron chi connectivity index (χ3n) is 2.79. The molecule has 0 bridgehead atoms. The summed E-state index contributed by atoms with van der Waals surface area (Å²) in [6.07, 6.45) is -0.728. The lowest BCUT2D eigenvalue weighted by molar-refractivity contribution is -0.0499. The lowest BCUT2D eigenvalue weighted by atomic mass is 10.0. The molecule has 20 heavy (non-hydrogen) atoms. The molecule has 2 aromatic carbocycles. The van der Waals surface area contributed by atoms with Crippen molar-refractivity contribution in [3.63, 3.8) is 0 Å². The summed E-state index contributed by atoms with van der Waals surface area (Å²) in [5.74, 6) is -0.403. The monoisotopic (exact) mass is 282 g/mol. The van der Waals surface area contributed by atoms with Gasteiger partial charge in [0.15, 0.2) is 0 Å². The van der Waals surface area contributed by atoms with Crippen LogP contribution in [-0.2, 0) is 6.42 Å². The highest BCUT2D eigenvalue weighted by Gasteiger charge is 2.11. The standard InChI is InChI=1S/C15H13F3O2/c16-12-5-1-3-10(7-12)8-14(19)11-4-2-6-13(9-11)20-15(17)18/h1-7,9,14-15,19H,8H2. The summed E-state index contributed by atoms with van der Waals surface area (Å²) < 4.78 is 41.5. The normalized spacial score (nSPS) is 12.4. The molecule has 2 nitrogen and oxygen atoms in total. The molecule has 106 valence electrons. The summed E-state index contributed by atoms with van der Waals surface area (Å²) in [5.41, 5.74) is 1.06. The molecule has 1 N–H and O–H groups in total. The van der Waals surface area contributed by atoms with Crippen LogP contribution in [0.1, 0.15) is 17.2 Å². The third-order valence-corrected chi connectivity index (χ3v) is 2.79. The van der Waals surface area contributed by atoms with Crippen LogP contribution in [0.3, 0.4) is 0 Å². The number of ether oxygens (including phenoxy) is 1. The van der Waals surface area contributed by atoms with Crippen LogP contribution in [0, 0.1) is 5.82 Å². The minimum Gasteiger partial charge on any atom is -0.435 e. The fourth-order valence-corrected chi connectivity index (χ4v) is 1.90. The SMILES string of the molecule is OC(Cc1cccc(F)c1)c1cccc(OC(F)F)c1. The van der Waals surface area contributed by atoms with Gasteiger partial charge in [0.1, 0.15) is 11.6 Å². The van der Waals surface area contributed by atoms with Gasteiger partial charge in [-0.25, -0.2) is 4.39 Å².